The Labute approximate surface area is 132 Å². The summed E-state index contributed by atoms with van der Waals surface area (Å²) in [5.74, 6) is -0.678. The van der Waals surface area contributed by atoms with Crippen LogP contribution in [0, 0.1) is 0 Å². The topological polar surface area (TPSA) is 46.2 Å². The Balaban J connectivity index is 1.88. The van der Waals surface area contributed by atoms with E-state index in [0.717, 1.165) is 16.3 Å². The van der Waals surface area contributed by atoms with E-state index in [9.17, 15) is 9.59 Å². The number of rotatable bonds is 1. The molecule has 23 heavy (non-hydrogen) atoms. The molecule has 2 amide bonds. The first-order valence-corrected chi connectivity index (χ1v) is 7.47. The first-order chi connectivity index (χ1) is 11.2. The zero-order valence-corrected chi connectivity index (χ0v) is 12.1. The molecule has 0 fully saturated rings. The van der Waals surface area contributed by atoms with Crippen molar-refractivity contribution in [3.8, 4) is 22.3 Å². The lowest BCUT2D eigenvalue weighted by molar-refractivity contribution is -0.123. The third-order valence-corrected chi connectivity index (χ3v) is 4.59. The van der Waals surface area contributed by atoms with Gasteiger partial charge >= 0.3 is 0 Å². The lowest BCUT2D eigenvalue weighted by Gasteiger charge is -2.09. The molecule has 3 nitrogen and oxygen atoms in total. The maximum Gasteiger partial charge on any atom is 0.258 e. The van der Waals surface area contributed by atoms with Gasteiger partial charge in [-0.3, -0.25) is 14.9 Å². The van der Waals surface area contributed by atoms with Gasteiger partial charge in [0.25, 0.3) is 11.8 Å². The average Bonchev–Trinajstić information content (AvgIpc) is 3.07. The minimum atomic E-state index is -0.350. The highest BCUT2D eigenvalue weighted by Crippen LogP contribution is 2.48. The molecule has 3 heteroatoms. The lowest BCUT2D eigenvalue weighted by Crippen LogP contribution is -2.21. The number of fused-ring (bicyclic) bond motifs is 3. The molecule has 3 aromatic carbocycles. The fourth-order valence-electron chi connectivity index (χ4n) is 3.66. The van der Waals surface area contributed by atoms with Gasteiger partial charge in [-0.05, 0) is 38.6 Å². The number of hydrogen-bond acceptors (Lipinski definition) is 2. The van der Waals surface area contributed by atoms with Gasteiger partial charge < -0.3 is 0 Å². The van der Waals surface area contributed by atoms with Crippen molar-refractivity contribution >= 4 is 28.2 Å². The van der Waals surface area contributed by atoms with Crippen LogP contribution in [0.25, 0.3) is 38.6 Å². The fourth-order valence-corrected chi connectivity index (χ4v) is 3.66. The van der Waals surface area contributed by atoms with Crippen LogP contribution < -0.4 is 5.32 Å². The van der Waals surface area contributed by atoms with Gasteiger partial charge in [0.05, 0.1) is 5.57 Å². The summed E-state index contributed by atoms with van der Waals surface area (Å²) >= 11 is 0. The molecule has 0 radical (unpaired) electrons. The second-order valence-electron chi connectivity index (χ2n) is 5.81. The van der Waals surface area contributed by atoms with E-state index in [1.54, 1.807) is 0 Å². The third-order valence-electron chi connectivity index (χ3n) is 4.59. The smallest absolute Gasteiger partial charge is 0.258 e. The summed E-state index contributed by atoms with van der Waals surface area (Å²) in [5.41, 5.74) is 6.04. The Morgan fingerprint density at radius 1 is 0.652 bits per heavy atom. The number of benzene rings is 3. The van der Waals surface area contributed by atoms with Crippen LogP contribution in [0.3, 0.4) is 0 Å². The van der Waals surface area contributed by atoms with Crippen molar-refractivity contribution in [2.75, 3.05) is 0 Å². The minimum Gasteiger partial charge on any atom is -0.289 e. The largest absolute Gasteiger partial charge is 0.289 e. The first kappa shape index (κ1) is 12.4. The van der Waals surface area contributed by atoms with E-state index < -0.39 is 0 Å². The highest BCUT2D eigenvalue weighted by Gasteiger charge is 2.27. The Kier molecular flexibility index (Phi) is 2.24. The van der Waals surface area contributed by atoms with Crippen LogP contribution in [-0.2, 0) is 9.59 Å². The van der Waals surface area contributed by atoms with Crippen molar-refractivity contribution in [2.45, 2.75) is 0 Å². The van der Waals surface area contributed by atoms with E-state index in [1.807, 2.05) is 36.4 Å². The standard InChI is InChI=1S/C20H11NO2/c22-18-10-17(20(23)21-18)13-8-9-16-12-5-2-1-4-11(12)14-6-3-7-15(13)19(14)16/h1-10H,(H,21,22,23). The third kappa shape index (κ3) is 1.53. The van der Waals surface area contributed by atoms with Crippen LogP contribution in [0.2, 0.25) is 0 Å². The van der Waals surface area contributed by atoms with Gasteiger partial charge in [-0.2, -0.15) is 0 Å². The zero-order valence-electron chi connectivity index (χ0n) is 12.1. The number of nitrogens with one attached hydrogen (secondary N) is 1. The summed E-state index contributed by atoms with van der Waals surface area (Å²) in [6, 6.07) is 18.4. The molecular weight excluding hydrogens is 286 g/mol. The number of carbonyl (C=O) groups is 2. The van der Waals surface area contributed by atoms with Crippen molar-refractivity contribution in [3.05, 3.63) is 66.2 Å². The number of amides is 2. The minimum absolute atomic E-state index is 0.328. The molecule has 0 aromatic heterocycles. The predicted molar refractivity (Wildman–Crippen MR) is 89.5 cm³/mol. The Bertz CT molecular complexity index is 1050. The Hall–Kier alpha value is -3.20. The van der Waals surface area contributed by atoms with Crippen LogP contribution in [-0.4, -0.2) is 11.8 Å². The molecule has 0 unspecified atom stereocenters. The van der Waals surface area contributed by atoms with Crippen LogP contribution in [0.1, 0.15) is 5.56 Å². The summed E-state index contributed by atoms with van der Waals surface area (Å²) in [7, 11) is 0. The molecule has 108 valence electrons. The summed E-state index contributed by atoms with van der Waals surface area (Å²) in [6.45, 7) is 0. The van der Waals surface area contributed by atoms with Gasteiger partial charge in [0.1, 0.15) is 0 Å². The molecule has 3 aromatic rings. The normalized spacial score (nSPS) is 14.9. The first-order valence-electron chi connectivity index (χ1n) is 7.47. The van der Waals surface area contributed by atoms with E-state index in [-0.39, 0.29) is 11.8 Å². The molecule has 1 N–H and O–H groups in total. The molecule has 5 rings (SSSR count). The van der Waals surface area contributed by atoms with Crippen molar-refractivity contribution in [1.29, 1.82) is 0 Å². The van der Waals surface area contributed by atoms with E-state index in [0.29, 0.717) is 5.57 Å². The molecule has 0 spiro atoms. The second kappa shape index (κ2) is 4.17. The highest BCUT2D eigenvalue weighted by molar-refractivity contribution is 6.36. The van der Waals surface area contributed by atoms with Gasteiger partial charge in [-0.1, -0.05) is 54.6 Å². The maximum absolute atomic E-state index is 12.0. The van der Waals surface area contributed by atoms with Crippen LogP contribution in [0.5, 0.6) is 0 Å². The molecule has 2 aliphatic rings. The number of carbonyl (C=O) groups excluding carboxylic acids is 2. The van der Waals surface area contributed by atoms with E-state index in [1.165, 1.54) is 28.3 Å². The fraction of sp³-hybridized carbons (Fsp3) is 0. The SMILES string of the molecule is O=C1C=C(c2ccc3c4c(cccc24)-c2ccccc2-3)C(=O)N1. The molecule has 1 aliphatic heterocycles. The maximum atomic E-state index is 12.0. The van der Waals surface area contributed by atoms with Gasteiger partial charge in [0, 0.05) is 6.08 Å². The van der Waals surface area contributed by atoms with Crippen LogP contribution in [0.4, 0.5) is 0 Å². The molecule has 1 heterocycles. The molecule has 0 atom stereocenters. The quantitative estimate of drug-likeness (QED) is 0.546. The summed E-state index contributed by atoms with van der Waals surface area (Å²) in [4.78, 5) is 23.5. The van der Waals surface area contributed by atoms with E-state index in [4.69, 9.17) is 0 Å². The van der Waals surface area contributed by atoms with Gasteiger partial charge in [-0.25, -0.2) is 0 Å². The van der Waals surface area contributed by atoms with Crippen molar-refractivity contribution in [1.82, 2.24) is 5.32 Å². The summed E-state index contributed by atoms with van der Waals surface area (Å²) in [6.07, 6.45) is 1.38. The van der Waals surface area contributed by atoms with E-state index >= 15 is 0 Å². The van der Waals surface area contributed by atoms with Gasteiger partial charge in [-0.15, -0.1) is 0 Å². The summed E-state index contributed by atoms with van der Waals surface area (Å²) in [5, 5.41) is 4.48. The molecule has 0 bridgehead atoms. The number of imide groups is 1. The van der Waals surface area contributed by atoms with E-state index in [2.05, 4.69) is 23.5 Å². The Morgan fingerprint density at radius 3 is 2.00 bits per heavy atom. The molecule has 0 saturated heterocycles. The van der Waals surface area contributed by atoms with Crippen molar-refractivity contribution in [2.24, 2.45) is 0 Å². The van der Waals surface area contributed by atoms with Gasteiger partial charge in [0.15, 0.2) is 0 Å². The highest BCUT2D eigenvalue weighted by atomic mass is 16.2. The Morgan fingerprint density at radius 2 is 1.30 bits per heavy atom. The number of hydrogen-bond donors (Lipinski definition) is 1. The molecule has 1 aliphatic carbocycles. The van der Waals surface area contributed by atoms with Gasteiger partial charge in [0.2, 0.25) is 0 Å². The van der Waals surface area contributed by atoms with Crippen LogP contribution >= 0.6 is 0 Å². The van der Waals surface area contributed by atoms with Crippen molar-refractivity contribution < 1.29 is 9.59 Å². The summed E-state index contributed by atoms with van der Waals surface area (Å²) < 4.78 is 0. The average molecular weight is 297 g/mol. The monoisotopic (exact) mass is 297 g/mol. The second-order valence-corrected chi connectivity index (χ2v) is 5.81. The lowest BCUT2D eigenvalue weighted by atomic mass is 9.94. The predicted octanol–water partition coefficient (Wildman–Crippen LogP) is 3.53. The molecule has 0 saturated carbocycles. The zero-order chi connectivity index (χ0) is 15.6. The van der Waals surface area contributed by atoms with Crippen LogP contribution in [0.15, 0.2) is 60.7 Å². The van der Waals surface area contributed by atoms with Crippen molar-refractivity contribution in [3.63, 3.8) is 0 Å². The molecular formula is C20H11NO2.